The number of carbonyl (C=O) groups excluding carboxylic acids is 2. The van der Waals surface area contributed by atoms with Gasteiger partial charge in [0, 0.05) is 38.4 Å². The Kier molecular flexibility index (Phi) is 5.65. The molecule has 2 aromatic carbocycles. The van der Waals surface area contributed by atoms with E-state index in [9.17, 15) is 14.4 Å². The van der Waals surface area contributed by atoms with Crippen LogP contribution in [0.1, 0.15) is 33.6 Å². The molecule has 2 heterocycles. The molecule has 3 aromatic rings. The molecule has 0 spiro atoms. The standard InChI is InChI=1S/C24H25N3O3/c1-26-13-5-10-21(23(26)29)24(30)27-14-11-17(12-15-27)16-25-22(28)20-9-4-7-18-6-2-3-8-19(18)20/h2-10,13,17H,11-12,14-16H2,1H3,(H,25,28). The minimum Gasteiger partial charge on any atom is -0.352 e. The highest BCUT2D eigenvalue weighted by atomic mass is 16.2. The molecule has 1 saturated heterocycles. The number of fused-ring (bicyclic) bond motifs is 1. The van der Waals surface area contributed by atoms with Crippen LogP contribution >= 0.6 is 0 Å². The van der Waals surface area contributed by atoms with E-state index >= 15 is 0 Å². The zero-order valence-electron chi connectivity index (χ0n) is 17.0. The molecule has 1 aliphatic rings. The number of likely N-dealkylation sites (tertiary alicyclic amines) is 1. The zero-order valence-corrected chi connectivity index (χ0v) is 17.0. The van der Waals surface area contributed by atoms with Gasteiger partial charge >= 0.3 is 0 Å². The molecule has 154 valence electrons. The molecule has 0 aliphatic carbocycles. The van der Waals surface area contributed by atoms with Crippen molar-refractivity contribution in [1.82, 2.24) is 14.8 Å². The molecule has 4 rings (SSSR count). The van der Waals surface area contributed by atoms with Crippen molar-refractivity contribution in [3.8, 4) is 0 Å². The molecule has 1 aliphatic heterocycles. The van der Waals surface area contributed by atoms with Crippen molar-refractivity contribution in [2.75, 3.05) is 19.6 Å². The molecule has 30 heavy (non-hydrogen) atoms. The molecule has 0 atom stereocenters. The van der Waals surface area contributed by atoms with Crippen molar-refractivity contribution >= 4 is 22.6 Å². The first-order valence-corrected chi connectivity index (χ1v) is 10.3. The van der Waals surface area contributed by atoms with Gasteiger partial charge in [0.05, 0.1) is 0 Å². The largest absolute Gasteiger partial charge is 0.352 e. The quantitative estimate of drug-likeness (QED) is 0.728. The van der Waals surface area contributed by atoms with Crippen LogP contribution < -0.4 is 10.9 Å². The molecule has 1 N–H and O–H groups in total. The minimum absolute atomic E-state index is 0.0712. The van der Waals surface area contributed by atoms with Crippen LogP contribution in [0.4, 0.5) is 0 Å². The van der Waals surface area contributed by atoms with E-state index in [1.54, 1.807) is 30.3 Å². The third-order valence-corrected chi connectivity index (χ3v) is 5.84. The number of rotatable bonds is 4. The van der Waals surface area contributed by atoms with Crippen LogP contribution in [-0.4, -0.2) is 40.9 Å². The molecule has 0 radical (unpaired) electrons. The maximum absolute atomic E-state index is 12.7. The first-order valence-electron chi connectivity index (χ1n) is 10.3. The van der Waals surface area contributed by atoms with Gasteiger partial charge in [-0.15, -0.1) is 0 Å². The smallest absolute Gasteiger partial charge is 0.263 e. The van der Waals surface area contributed by atoms with Crippen LogP contribution in [0.2, 0.25) is 0 Å². The lowest BCUT2D eigenvalue weighted by atomic mass is 9.96. The van der Waals surface area contributed by atoms with E-state index in [4.69, 9.17) is 0 Å². The second-order valence-electron chi connectivity index (χ2n) is 7.81. The van der Waals surface area contributed by atoms with E-state index in [-0.39, 0.29) is 22.9 Å². The van der Waals surface area contributed by atoms with Gasteiger partial charge in [-0.25, -0.2) is 0 Å². The Morgan fingerprint density at radius 3 is 2.47 bits per heavy atom. The average Bonchev–Trinajstić information content (AvgIpc) is 2.79. The van der Waals surface area contributed by atoms with Gasteiger partial charge in [0.15, 0.2) is 0 Å². The number of aromatic nitrogens is 1. The van der Waals surface area contributed by atoms with Gasteiger partial charge in [0.2, 0.25) is 0 Å². The summed E-state index contributed by atoms with van der Waals surface area (Å²) in [6.45, 7) is 1.76. The summed E-state index contributed by atoms with van der Waals surface area (Å²) in [5, 5.41) is 5.05. The molecule has 1 aromatic heterocycles. The number of amides is 2. The predicted octanol–water partition coefficient (Wildman–Crippen LogP) is 2.82. The molecule has 6 nitrogen and oxygen atoms in total. The third kappa shape index (κ3) is 3.99. The maximum atomic E-state index is 12.7. The van der Waals surface area contributed by atoms with Gasteiger partial charge in [0.25, 0.3) is 17.4 Å². The normalized spacial score (nSPS) is 14.6. The predicted molar refractivity (Wildman–Crippen MR) is 117 cm³/mol. The van der Waals surface area contributed by atoms with Crippen LogP contribution in [0.3, 0.4) is 0 Å². The van der Waals surface area contributed by atoms with E-state index in [2.05, 4.69) is 5.32 Å². The van der Waals surface area contributed by atoms with Crippen molar-refractivity contribution < 1.29 is 9.59 Å². The summed E-state index contributed by atoms with van der Waals surface area (Å²) >= 11 is 0. The number of carbonyl (C=O) groups is 2. The molecule has 2 amide bonds. The van der Waals surface area contributed by atoms with Gasteiger partial charge in [0.1, 0.15) is 5.56 Å². The van der Waals surface area contributed by atoms with E-state index in [1.165, 1.54) is 4.57 Å². The highest BCUT2D eigenvalue weighted by molar-refractivity contribution is 6.07. The highest BCUT2D eigenvalue weighted by Crippen LogP contribution is 2.20. The zero-order chi connectivity index (χ0) is 21.1. The number of aryl methyl sites for hydroxylation is 1. The second kappa shape index (κ2) is 8.53. The Balaban J connectivity index is 1.34. The Morgan fingerprint density at radius 2 is 1.67 bits per heavy atom. The SMILES string of the molecule is Cn1cccc(C(=O)N2CCC(CNC(=O)c3cccc4ccccc34)CC2)c1=O. The summed E-state index contributed by atoms with van der Waals surface area (Å²) in [6, 6.07) is 16.9. The summed E-state index contributed by atoms with van der Waals surface area (Å²) in [5.41, 5.74) is 0.621. The van der Waals surface area contributed by atoms with Crippen LogP contribution in [0.15, 0.2) is 65.6 Å². The van der Waals surface area contributed by atoms with Gasteiger partial charge in [-0.1, -0.05) is 36.4 Å². The summed E-state index contributed by atoms with van der Waals surface area (Å²) in [5.74, 6) is 0.0270. The Labute approximate surface area is 175 Å². The molecule has 0 bridgehead atoms. The first-order chi connectivity index (χ1) is 14.5. The fourth-order valence-corrected chi connectivity index (χ4v) is 4.03. The van der Waals surface area contributed by atoms with Gasteiger partial charge in [-0.05, 0) is 47.7 Å². The Bertz CT molecular complexity index is 1140. The molecule has 6 heteroatoms. The van der Waals surface area contributed by atoms with Crippen molar-refractivity contribution in [2.45, 2.75) is 12.8 Å². The summed E-state index contributed by atoms with van der Waals surface area (Å²) in [7, 11) is 1.64. The maximum Gasteiger partial charge on any atom is 0.263 e. The number of hydrogen-bond acceptors (Lipinski definition) is 3. The van der Waals surface area contributed by atoms with Crippen LogP contribution in [0, 0.1) is 5.92 Å². The van der Waals surface area contributed by atoms with Crippen LogP contribution in [0.25, 0.3) is 10.8 Å². The molecule has 0 saturated carbocycles. The second-order valence-corrected chi connectivity index (χ2v) is 7.81. The Morgan fingerprint density at radius 1 is 0.967 bits per heavy atom. The van der Waals surface area contributed by atoms with Crippen LogP contribution in [0.5, 0.6) is 0 Å². The minimum atomic E-state index is -0.271. The van der Waals surface area contributed by atoms with Crippen LogP contribution in [-0.2, 0) is 7.05 Å². The highest BCUT2D eigenvalue weighted by Gasteiger charge is 2.25. The van der Waals surface area contributed by atoms with Gasteiger partial charge < -0.3 is 14.8 Å². The monoisotopic (exact) mass is 403 g/mol. The first kappa shape index (κ1) is 19.9. The van der Waals surface area contributed by atoms with Crippen molar-refractivity contribution in [2.24, 2.45) is 13.0 Å². The molecule has 0 unspecified atom stereocenters. The molecule has 1 fully saturated rings. The summed E-state index contributed by atoms with van der Waals surface area (Å²) < 4.78 is 1.42. The number of pyridine rings is 1. The van der Waals surface area contributed by atoms with Crippen molar-refractivity contribution in [3.63, 3.8) is 0 Å². The average molecular weight is 403 g/mol. The lowest BCUT2D eigenvalue weighted by molar-refractivity contribution is 0.0682. The van der Waals surface area contributed by atoms with E-state index < -0.39 is 0 Å². The van der Waals surface area contributed by atoms with Gasteiger partial charge in [-0.3, -0.25) is 14.4 Å². The fourth-order valence-electron chi connectivity index (χ4n) is 4.03. The van der Waals surface area contributed by atoms with E-state index in [0.717, 1.165) is 23.6 Å². The summed E-state index contributed by atoms with van der Waals surface area (Å²) in [6.07, 6.45) is 3.24. The summed E-state index contributed by atoms with van der Waals surface area (Å²) in [4.78, 5) is 39.3. The lowest BCUT2D eigenvalue weighted by Gasteiger charge is -2.32. The molecular formula is C24H25N3O3. The Hall–Kier alpha value is -3.41. The molecular weight excluding hydrogens is 378 g/mol. The van der Waals surface area contributed by atoms with E-state index in [1.807, 2.05) is 42.5 Å². The lowest BCUT2D eigenvalue weighted by Crippen LogP contribution is -2.43. The fraction of sp³-hybridized carbons (Fsp3) is 0.292. The number of benzene rings is 2. The number of hydrogen-bond donors (Lipinski definition) is 1. The van der Waals surface area contributed by atoms with Crippen molar-refractivity contribution in [3.05, 3.63) is 82.3 Å². The number of piperidine rings is 1. The third-order valence-electron chi connectivity index (χ3n) is 5.84. The number of nitrogens with zero attached hydrogens (tertiary/aromatic N) is 2. The number of nitrogens with one attached hydrogen (secondary N) is 1. The van der Waals surface area contributed by atoms with Gasteiger partial charge in [-0.2, -0.15) is 0 Å². The topological polar surface area (TPSA) is 71.4 Å². The van der Waals surface area contributed by atoms with E-state index in [0.29, 0.717) is 31.1 Å². The van der Waals surface area contributed by atoms with Crippen molar-refractivity contribution in [1.29, 1.82) is 0 Å².